The summed E-state index contributed by atoms with van der Waals surface area (Å²) in [6.07, 6.45) is 2.33. The number of benzene rings is 5. The van der Waals surface area contributed by atoms with Crippen molar-refractivity contribution in [1.29, 1.82) is 0 Å². The lowest BCUT2D eigenvalue weighted by atomic mass is 10.1. The fourth-order valence-corrected chi connectivity index (χ4v) is 6.81. The summed E-state index contributed by atoms with van der Waals surface area (Å²) in [5.74, 6) is 0. The van der Waals surface area contributed by atoms with Crippen molar-refractivity contribution in [2.45, 2.75) is 19.8 Å². The molecule has 0 spiro atoms. The Morgan fingerprint density at radius 2 is 1.12 bits per heavy atom. The first-order valence-electron chi connectivity index (χ1n) is 12.1. The molecule has 0 saturated carbocycles. The molecule has 0 atom stereocenters. The zero-order valence-corrected chi connectivity index (χ0v) is 20.5. The number of unbranched alkanes of at least 4 members (excludes halogenated alkanes) is 1. The summed E-state index contributed by atoms with van der Waals surface area (Å²) in [4.78, 5) is 2.49. The van der Waals surface area contributed by atoms with Gasteiger partial charge in [0.1, 0.15) is 0 Å². The van der Waals surface area contributed by atoms with Gasteiger partial charge < -0.3 is 4.90 Å². The van der Waals surface area contributed by atoms with Crippen LogP contribution >= 0.6 is 7.92 Å². The van der Waals surface area contributed by atoms with Crippen molar-refractivity contribution in [3.05, 3.63) is 127 Å². The van der Waals surface area contributed by atoms with E-state index in [0.29, 0.717) is 0 Å². The molecule has 0 aliphatic heterocycles. The van der Waals surface area contributed by atoms with Crippen LogP contribution in [-0.2, 0) is 0 Å². The molecule has 0 aromatic heterocycles. The Balaban J connectivity index is 1.55. The van der Waals surface area contributed by atoms with E-state index in [1.807, 2.05) is 0 Å². The van der Waals surface area contributed by atoms with Crippen molar-refractivity contribution in [3.8, 4) is 0 Å². The Morgan fingerprint density at radius 3 is 1.76 bits per heavy atom. The summed E-state index contributed by atoms with van der Waals surface area (Å²) in [7, 11) is -0.590. The maximum Gasteiger partial charge on any atom is 0.0490 e. The molecule has 0 radical (unpaired) electrons. The van der Waals surface area contributed by atoms with Crippen molar-refractivity contribution in [3.63, 3.8) is 0 Å². The fraction of sp³-hybridized carbons (Fsp3) is 0.125. The summed E-state index contributed by atoms with van der Waals surface area (Å²) >= 11 is 0. The predicted molar refractivity (Wildman–Crippen MR) is 151 cm³/mol. The monoisotopic (exact) mass is 459 g/mol. The average molecular weight is 460 g/mol. The molecule has 34 heavy (non-hydrogen) atoms. The van der Waals surface area contributed by atoms with Crippen LogP contribution in [0, 0.1) is 0 Å². The second kappa shape index (κ2) is 10.7. The number of fused-ring (bicyclic) bond motifs is 1. The third kappa shape index (κ3) is 4.76. The van der Waals surface area contributed by atoms with Crippen molar-refractivity contribution in [2.24, 2.45) is 0 Å². The molecule has 2 heteroatoms. The van der Waals surface area contributed by atoms with Crippen LogP contribution in [0.4, 0.5) is 11.4 Å². The van der Waals surface area contributed by atoms with Gasteiger partial charge in [-0.2, -0.15) is 0 Å². The van der Waals surface area contributed by atoms with Gasteiger partial charge in [0.05, 0.1) is 0 Å². The molecule has 0 heterocycles. The number of nitrogens with zero attached hydrogens (tertiary/aromatic N) is 1. The van der Waals surface area contributed by atoms with Crippen LogP contribution in [0.5, 0.6) is 0 Å². The SMILES string of the molecule is CCCCN(c1ccc(P(c2ccccc2)c2ccccc2)cc1)c1cccc2ccccc12. The molecular formula is C32H30NP. The van der Waals surface area contributed by atoms with E-state index in [-0.39, 0.29) is 0 Å². The van der Waals surface area contributed by atoms with Crippen LogP contribution < -0.4 is 20.8 Å². The van der Waals surface area contributed by atoms with Gasteiger partial charge in [0.15, 0.2) is 0 Å². The minimum Gasteiger partial charge on any atom is -0.341 e. The van der Waals surface area contributed by atoms with Crippen LogP contribution in [0.1, 0.15) is 19.8 Å². The van der Waals surface area contributed by atoms with Crippen LogP contribution in [0.25, 0.3) is 10.8 Å². The van der Waals surface area contributed by atoms with Gasteiger partial charge in [-0.05, 0) is 53.8 Å². The van der Waals surface area contributed by atoms with Crippen LogP contribution in [-0.4, -0.2) is 6.54 Å². The zero-order chi connectivity index (χ0) is 23.2. The molecule has 168 valence electrons. The minimum absolute atomic E-state index is 0.590. The Kier molecular flexibility index (Phi) is 7.03. The minimum atomic E-state index is -0.590. The molecule has 0 N–H and O–H groups in total. The van der Waals surface area contributed by atoms with E-state index < -0.39 is 7.92 Å². The molecule has 0 aliphatic rings. The van der Waals surface area contributed by atoms with Gasteiger partial charge in [0, 0.05) is 23.3 Å². The molecule has 0 fully saturated rings. The molecule has 0 bridgehead atoms. The normalized spacial score (nSPS) is 11.1. The van der Waals surface area contributed by atoms with Crippen LogP contribution in [0.15, 0.2) is 127 Å². The van der Waals surface area contributed by atoms with Crippen LogP contribution in [0.2, 0.25) is 0 Å². The van der Waals surface area contributed by atoms with Gasteiger partial charge in [0.25, 0.3) is 0 Å². The molecule has 1 nitrogen and oxygen atoms in total. The van der Waals surface area contributed by atoms with Crippen LogP contribution in [0.3, 0.4) is 0 Å². The highest BCUT2D eigenvalue weighted by Crippen LogP contribution is 2.36. The first-order chi connectivity index (χ1) is 16.8. The average Bonchev–Trinajstić information content (AvgIpc) is 2.91. The third-order valence-electron chi connectivity index (χ3n) is 6.24. The largest absolute Gasteiger partial charge is 0.341 e. The van der Waals surface area contributed by atoms with E-state index in [2.05, 4.69) is 139 Å². The second-order valence-corrected chi connectivity index (χ2v) is 10.7. The van der Waals surface area contributed by atoms with Gasteiger partial charge in [-0.3, -0.25) is 0 Å². The first-order valence-corrected chi connectivity index (χ1v) is 13.4. The van der Waals surface area contributed by atoms with Gasteiger partial charge >= 0.3 is 0 Å². The number of hydrogen-bond acceptors (Lipinski definition) is 1. The van der Waals surface area contributed by atoms with Crippen molar-refractivity contribution in [1.82, 2.24) is 0 Å². The lowest BCUT2D eigenvalue weighted by Gasteiger charge is -2.27. The van der Waals surface area contributed by atoms with E-state index in [1.54, 1.807) is 0 Å². The first kappa shape index (κ1) is 22.4. The lowest BCUT2D eigenvalue weighted by molar-refractivity contribution is 0.787. The fourth-order valence-electron chi connectivity index (χ4n) is 4.53. The van der Waals surface area contributed by atoms with E-state index in [9.17, 15) is 0 Å². The smallest absolute Gasteiger partial charge is 0.0490 e. The van der Waals surface area contributed by atoms with E-state index in [0.717, 1.165) is 13.0 Å². The Labute approximate surface area is 204 Å². The van der Waals surface area contributed by atoms with Gasteiger partial charge in [0.2, 0.25) is 0 Å². The zero-order valence-electron chi connectivity index (χ0n) is 19.6. The number of rotatable bonds is 8. The highest BCUT2D eigenvalue weighted by Gasteiger charge is 2.17. The quantitative estimate of drug-likeness (QED) is 0.217. The topological polar surface area (TPSA) is 3.24 Å². The third-order valence-corrected chi connectivity index (χ3v) is 8.68. The standard InChI is InChI=1S/C32H30NP/c1-2-3-25-33(32-20-12-14-26-13-10-11-19-31(26)32)27-21-23-30(24-22-27)34(28-15-6-4-7-16-28)29-17-8-5-9-18-29/h4-24H,2-3,25H2,1H3. The molecule has 5 aromatic rings. The summed E-state index contributed by atoms with van der Waals surface area (Å²) in [6, 6.07) is 46.5. The molecular weight excluding hydrogens is 429 g/mol. The van der Waals surface area contributed by atoms with Gasteiger partial charge in [-0.15, -0.1) is 0 Å². The molecule has 0 saturated heterocycles. The Hall–Kier alpha value is -3.41. The maximum atomic E-state index is 2.49. The lowest BCUT2D eigenvalue weighted by Crippen LogP contribution is -2.22. The Bertz CT molecular complexity index is 1290. The maximum absolute atomic E-state index is 2.49. The van der Waals surface area contributed by atoms with Gasteiger partial charge in [-0.25, -0.2) is 0 Å². The van der Waals surface area contributed by atoms with E-state index in [4.69, 9.17) is 0 Å². The highest BCUT2D eigenvalue weighted by molar-refractivity contribution is 7.79. The molecule has 0 unspecified atom stereocenters. The summed E-state index contributed by atoms with van der Waals surface area (Å²) in [5.41, 5.74) is 2.54. The highest BCUT2D eigenvalue weighted by atomic mass is 31.1. The van der Waals surface area contributed by atoms with Crippen molar-refractivity contribution in [2.75, 3.05) is 11.4 Å². The van der Waals surface area contributed by atoms with Gasteiger partial charge in [-0.1, -0.05) is 123 Å². The summed E-state index contributed by atoms with van der Waals surface area (Å²) in [5, 5.41) is 6.74. The summed E-state index contributed by atoms with van der Waals surface area (Å²) in [6.45, 7) is 3.27. The second-order valence-electron chi connectivity index (χ2n) is 8.53. The van der Waals surface area contributed by atoms with Crippen molar-refractivity contribution < 1.29 is 0 Å². The molecule has 5 aromatic carbocycles. The molecule has 0 aliphatic carbocycles. The molecule has 0 amide bonds. The molecule has 5 rings (SSSR count). The Morgan fingerprint density at radius 1 is 0.559 bits per heavy atom. The number of hydrogen-bond donors (Lipinski definition) is 0. The van der Waals surface area contributed by atoms with Crippen molar-refractivity contribution >= 4 is 46.0 Å². The number of anilines is 2. The summed E-state index contributed by atoms with van der Waals surface area (Å²) < 4.78 is 0. The van der Waals surface area contributed by atoms with E-state index >= 15 is 0 Å². The van der Waals surface area contributed by atoms with E-state index in [1.165, 1.54) is 44.5 Å². The predicted octanol–water partition coefficient (Wildman–Crippen LogP) is 7.54.